The smallest absolute Gasteiger partial charge is 0.0320 e. The van der Waals surface area contributed by atoms with E-state index in [1.54, 1.807) is 5.57 Å². The third kappa shape index (κ3) is 12.3. The SMILES string of the molecule is CCCCCCCCCCCCCCC=C1CCCCCC1. The largest absolute Gasteiger partial charge is 0.0853 e. The molecule has 1 aliphatic rings. The maximum absolute atomic E-state index is 2.58. The maximum atomic E-state index is 2.58. The van der Waals surface area contributed by atoms with Crippen molar-refractivity contribution in [3.05, 3.63) is 11.6 Å². The van der Waals surface area contributed by atoms with Crippen molar-refractivity contribution in [2.24, 2.45) is 0 Å². The van der Waals surface area contributed by atoms with E-state index in [9.17, 15) is 0 Å². The molecule has 1 saturated carbocycles. The van der Waals surface area contributed by atoms with Gasteiger partial charge < -0.3 is 0 Å². The summed E-state index contributed by atoms with van der Waals surface area (Å²) in [6, 6.07) is 0. The van der Waals surface area contributed by atoms with Gasteiger partial charge in [0.05, 0.1) is 0 Å². The van der Waals surface area contributed by atoms with Crippen LogP contribution in [0.5, 0.6) is 0 Å². The van der Waals surface area contributed by atoms with Crippen molar-refractivity contribution in [3.63, 3.8) is 0 Å². The van der Waals surface area contributed by atoms with Gasteiger partial charge in [-0.2, -0.15) is 0 Å². The number of hydrogen-bond donors (Lipinski definition) is 0. The number of hydrogen-bond acceptors (Lipinski definition) is 0. The Morgan fingerprint density at radius 1 is 0.591 bits per heavy atom. The normalized spacial score (nSPS) is 15.8. The zero-order valence-corrected chi connectivity index (χ0v) is 15.5. The van der Waals surface area contributed by atoms with Crippen LogP contribution >= 0.6 is 0 Å². The van der Waals surface area contributed by atoms with Crippen LogP contribution in [0.1, 0.15) is 129 Å². The van der Waals surface area contributed by atoms with Gasteiger partial charge in [0.1, 0.15) is 0 Å². The average Bonchev–Trinajstić information content (AvgIpc) is 2.80. The molecule has 1 rings (SSSR count). The molecule has 0 aromatic heterocycles. The summed E-state index contributed by atoms with van der Waals surface area (Å²) in [6.45, 7) is 2.30. The Hall–Kier alpha value is -0.260. The molecule has 0 aromatic carbocycles. The van der Waals surface area contributed by atoms with Crippen molar-refractivity contribution in [1.82, 2.24) is 0 Å². The molecular weight excluding hydrogens is 264 g/mol. The standard InChI is InChI=1S/C22H42/c1-2-3-4-5-6-7-8-9-10-11-12-13-16-19-22-20-17-14-15-18-21-22/h19H,2-18,20-21H2,1H3. The highest BCUT2D eigenvalue weighted by molar-refractivity contribution is 5.02. The van der Waals surface area contributed by atoms with Crippen LogP contribution in [0.2, 0.25) is 0 Å². The molecule has 1 aliphatic carbocycles. The van der Waals surface area contributed by atoms with Crippen LogP contribution in [0.3, 0.4) is 0 Å². The molecule has 0 heterocycles. The van der Waals surface area contributed by atoms with Gasteiger partial charge in [-0.25, -0.2) is 0 Å². The molecule has 1 fully saturated rings. The lowest BCUT2D eigenvalue weighted by Crippen LogP contribution is -1.84. The topological polar surface area (TPSA) is 0 Å². The van der Waals surface area contributed by atoms with Gasteiger partial charge in [-0.15, -0.1) is 0 Å². The van der Waals surface area contributed by atoms with Gasteiger partial charge in [-0.3, -0.25) is 0 Å². The van der Waals surface area contributed by atoms with Crippen LogP contribution in [0.25, 0.3) is 0 Å². The van der Waals surface area contributed by atoms with Gasteiger partial charge in [0.15, 0.2) is 0 Å². The first-order valence-corrected chi connectivity index (χ1v) is 10.6. The van der Waals surface area contributed by atoms with Crippen LogP contribution in [-0.2, 0) is 0 Å². The Kier molecular flexibility index (Phi) is 14.1. The Bertz CT molecular complexity index is 241. The summed E-state index contributed by atoms with van der Waals surface area (Å²) in [6.07, 6.45) is 30.1. The number of unbranched alkanes of at least 4 members (excludes halogenated alkanes) is 12. The molecule has 0 N–H and O–H groups in total. The average molecular weight is 307 g/mol. The third-order valence-corrected chi connectivity index (χ3v) is 5.24. The van der Waals surface area contributed by atoms with Gasteiger partial charge in [0, 0.05) is 0 Å². The van der Waals surface area contributed by atoms with E-state index in [-0.39, 0.29) is 0 Å². The summed E-state index contributed by atoms with van der Waals surface area (Å²) in [4.78, 5) is 0. The van der Waals surface area contributed by atoms with Gasteiger partial charge in [0.25, 0.3) is 0 Å². The molecule has 130 valence electrons. The van der Waals surface area contributed by atoms with Crippen LogP contribution in [0.4, 0.5) is 0 Å². The van der Waals surface area contributed by atoms with Gasteiger partial charge in [-0.1, -0.05) is 102 Å². The molecular formula is C22H42. The molecule has 0 saturated heterocycles. The van der Waals surface area contributed by atoms with Crippen LogP contribution in [-0.4, -0.2) is 0 Å². The van der Waals surface area contributed by atoms with E-state index in [1.165, 1.54) is 122 Å². The second-order valence-corrected chi connectivity index (χ2v) is 7.45. The third-order valence-electron chi connectivity index (χ3n) is 5.24. The quantitative estimate of drug-likeness (QED) is 0.182. The lowest BCUT2D eigenvalue weighted by Gasteiger charge is -2.04. The highest BCUT2D eigenvalue weighted by atomic mass is 14.1. The fourth-order valence-corrected chi connectivity index (χ4v) is 3.68. The molecule has 0 nitrogen and oxygen atoms in total. The minimum Gasteiger partial charge on any atom is -0.0853 e. The van der Waals surface area contributed by atoms with E-state index >= 15 is 0 Å². The van der Waals surface area contributed by atoms with E-state index in [4.69, 9.17) is 0 Å². The Labute approximate surface area is 141 Å². The van der Waals surface area contributed by atoms with Crippen molar-refractivity contribution >= 4 is 0 Å². The van der Waals surface area contributed by atoms with Crippen LogP contribution in [0.15, 0.2) is 11.6 Å². The van der Waals surface area contributed by atoms with E-state index < -0.39 is 0 Å². The molecule has 22 heavy (non-hydrogen) atoms. The summed E-state index contributed by atoms with van der Waals surface area (Å²) in [5.41, 5.74) is 1.78. The Morgan fingerprint density at radius 3 is 1.55 bits per heavy atom. The summed E-state index contributed by atoms with van der Waals surface area (Å²) >= 11 is 0. The zero-order valence-electron chi connectivity index (χ0n) is 15.5. The van der Waals surface area contributed by atoms with E-state index in [2.05, 4.69) is 13.0 Å². The fourth-order valence-electron chi connectivity index (χ4n) is 3.68. The molecule has 0 aromatic rings. The summed E-state index contributed by atoms with van der Waals surface area (Å²) < 4.78 is 0. The minimum absolute atomic E-state index is 1.35. The highest BCUT2D eigenvalue weighted by Crippen LogP contribution is 2.23. The summed E-state index contributed by atoms with van der Waals surface area (Å²) in [5.74, 6) is 0. The second-order valence-electron chi connectivity index (χ2n) is 7.45. The first-order valence-electron chi connectivity index (χ1n) is 10.6. The second kappa shape index (κ2) is 15.6. The fraction of sp³-hybridized carbons (Fsp3) is 0.909. The minimum atomic E-state index is 1.35. The Balaban J connectivity index is 1.78. The lowest BCUT2D eigenvalue weighted by atomic mass is 10.0. The lowest BCUT2D eigenvalue weighted by molar-refractivity contribution is 0.544. The summed E-state index contributed by atoms with van der Waals surface area (Å²) in [5, 5.41) is 0. The highest BCUT2D eigenvalue weighted by Gasteiger charge is 2.03. The molecule has 0 spiro atoms. The zero-order chi connectivity index (χ0) is 15.7. The van der Waals surface area contributed by atoms with E-state index in [0.717, 1.165) is 0 Å². The molecule has 0 bridgehead atoms. The summed E-state index contributed by atoms with van der Waals surface area (Å²) in [7, 11) is 0. The maximum Gasteiger partial charge on any atom is -0.0320 e. The van der Waals surface area contributed by atoms with Crippen molar-refractivity contribution in [2.45, 2.75) is 129 Å². The monoisotopic (exact) mass is 306 g/mol. The van der Waals surface area contributed by atoms with Gasteiger partial charge in [0.2, 0.25) is 0 Å². The van der Waals surface area contributed by atoms with Crippen molar-refractivity contribution in [2.75, 3.05) is 0 Å². The van der Waals surface area contributed by atoms with Crippen LogP contribution in [0, 0.1) is 0 Å². The predicted octanol–water partition coefficient (Wildman–Crippen LogP) is 8.36. The van der Waals surface area contributed by atoms with E-state index in [1.807, 2.05) is 0 Å². The first kappa shape index (κ1) is 19.8. The van der Waals surface area contributed by atoms with E-state index in [0.29, 0.717) is 0 Å². The molecule has 0 heteroatoms. The Morgan fingerprint density at radius 2 is 1.05 bits per heavy atom. The van der Waals surface area contributed by atoms with Gasteiger partial charge in [-0.05, 0) is 38.5 Å². The predicted molar refractivity (Wildman–Crippen MR) is 101 cm³/mol. The molecule has 0 amide bonds. The van der Waals surface area contributed by atoms with Crippen molar-refractivity contribution in [3.8, 4) is 0 Å². The van der Waals surface area contributed by atoms with Crippen LogP contribution < -0.4 is 0 Å². The van der Waals surface area contributed by atoms with Gasteiger partial charge >= 0.3 is 0 Å². The molecule has 0 unspecified atom stereocenters. The number of allylic oxidation sites excluding steroid dienone is 2. The molecule has 0 atom stereocenters. The number of rotatable bonds is 13. The van der Waals surface area contributed by atoms with Crippen molar-refractivity contribution in [1.29, 1.82) is 0 Å². The molecule has 0 radical (unpaired) electrons. The van der Waals surface area contributed by atoms with Crippen molar-refractivity contribution < 1.29 is 0 Å². The first-order chi connectivity index (χ1) is 10.9. The molecule has 0 aliphatic heterocycles.